The first-order valence-electron chi connectivity index (χ1n) is 6.95. The molecule has 0 saturated carbocycles. The molecule has 6 heteroatoms. The highest BCUT2D eigenvalue weighted by Gasteiger charge is 2.25. The monoisotopic (exact) mass is 310 g/mol. The van der Waals surface area contributed by atoms with E-state index in [1.54, 1.807) is 12.1 Å². The van der Waals surface area contributed by atoms with E-state index >= 15 is 0 Å². The maximum absolute atomic E-state index is 12.0. The Morgan fingerprint density at radius 2 is 2.24 bits per heavy atom. The molecule has 2 N–H and O–H groups in total. The molecule has 1 saturated heterocycles. The van der Waals surface area contributed by atoms with Crippen LogP contribution < -0.4 is 5.32 Å². The van der Waals surface area contributed by atoms with E-state index in [0.717, 1.165) is 18.5 Å². The van der Waals surface area contributed by atoms with Gasteiger partial charge in [0.15, 0.2) is 0 Å². The van der Waals surface area contributed by atoms with Gasteiger partial charge in [-0.25, -0.2) is 0 Å². The average molecular weight is 311 g/mol. The van der Waals surface area contributed by atoms with Crippen LogP contribution in [0.4, 0.5) is 5.69 Å². The number of carbonyl (C=O) groups excluding carboxylic acids is 1. The molecule has 1 amide bonds. The summed E-state index contributed by atoms with van der Waals surface area (Å²) < 4.78 is 0. The largest absolute Gasteiger partial charge is 0.481 e. The van der Waals surface area contributed by atoms with Gasteiger partial charge in [-0.2, -0.15) is 0 Å². The van der Waals surface area contributed by atoms with E-state index in [9.17, 15) is 9.59 Å². The fraction of sp³-hybridized carbons (Fsp3) is 0.467. The topological polar surface area (TPSA) is 69.6 Å². The highest BCUT2D eigenvalue weighted by Crippen LogP contribution is 2.23. The van der Waals surface area contributed by atoms with E-state index in [1.165, 1.54) is 0 Å². The number of carbonyl (C=O) groups is 2. The molecule has 0 bridgehead atoms. The second-order valence-electron chi connectivity index (χ2n) is 5.45. The number of hydrogen-bond acceptors (Lipinski definition) is 3. The Balaban J connectivity index is 1.85. The van der Waals surface area contributed by atoms with Crippen molar-refractivity contribution in [3.63, 3.8) is 0 Å². The molecule has 1 heterocycles. The normalized spacial score (nSPS) is 18.7. The van der Waals surface area contributed by atoms with Gasteiger partial charge in [0, 0.05) is 23.7 Å². The molecule has 0 aromatic heterocycles. The summed E-state index contributed by atoms with van der Waals surface area (Å²) in [5.41, 5.74) is 1.56. The summed E-state index contributed by atoms with van der Waals surface area (Å²) in [4.78, 5) is 24.7. The summed E-state index contributed by atoms with van der Waals surface area (Å²) in [7, 11) is 0. The van der Waals surface area contributed by atoms with Crippen molar-refractivity contribution in [1.82, 2.24) is 4.90 Å². The predicted octanol–water partition coefficient (Wildman–Crippen LogP) is 2.38. The number of aliphatic carboxylic acids is 1. The summed E-state index contributed by atoms with van der Waals surface area (Å²) in [6.07, 6.45) is 1.00. The zero-order valence-electron chi connectivity index (χ0n) is 11.9. The van der Waals surface area contributed by atoms with Crippen LogP contribution in [0.1, 0.15) is 18.4 Å². The van der Waals surface area contributed by atoms with Crippen LogP contribution in [0.3, 0.4) is 0 Å². The lowest BCUT2D eigenvalue weighted by molar-refractivity contribution is -0.138. The number of carboxylic acids is 1. The number of nitrogens with one attached hydrogen (secondary N) is 1. The van der Waals surface area contributed by atoms with E-state index < -0.39 is 5.97 Å². The number of rotatable bonds is 5. The highest BCUT2D eigenvalue weighted by molar-refractivity contribution is 6.31. The van der Waals surface area contributed by atoms with Gasteiger partial charge in [0.25, 0.3) is 0 Å². The van der Waals surface area contributed by atoms with Crippen molar-refractivity contribution in [3.05, 3.63) is 28.8 Å². The van der Waals surface area contributed by atoms with Crippen LogP contribution in [0.15, 0.2) is 18.2 Å². The van der Waals surface area contributed by atoms with Crippen molar-refractivity contribution in [2.75, 3.05) is 25.0 Å². The van der Waals surface area contributed by atoms with Crippen molar-refractivity contribution >= 4 is 29.2 Å². The van der Waals surface area contributed by atoms with E-state index in [4.69, 9.17) is 16.7 Å². The number of halogens is 1. The second-order valence-corrected chi connectivity index (χ2v) is 5.86. The number of carboxylic acid groups (broad SMARTS) is 1. The smallest absolute Gasteiger partial charge is 0.303 e. The molecule has 2 rings (SSSR count). The predicted molar refractivity (Wildman–Crippen MR) is 81.6 cm³/mol. The molecule has 0 aliphatic carbocycles. The fourth-order valence-corrected chi connectivity index (χ4v) is 2.78. The van der Waals surface area contributed by atoms with E-state index in [0.29, 0.717) is 17.3 Å². The number of benzene rings is 1. The van der Waals surface area contributed by atoms with Gasteiger partial charge in [0.2, 0.25) is 5.91 Å². The number of hydrogen-bond donors (Lipinski definition) is 2. The zero-order valence-corrected chi connectivity index (χ0v) is 12.7. The first kappa shape index (κ1) is 15.8. The summed E-state index contributed by atoms with van der Waals surface area (Å²) in [6, 6.07) is 5.39. The molecule has 1 aliphatic rings. The Kier molecular flexibility index (Phi) is 5.20. The van der Waals surface area contributed by atoms with Crippen molar-refractivity contribution in [1.29, 1.82) is 0 Å². The lowest BCUT2D eigenvalue weighted by Gasteiger charge is -2.16. The van der Waals surface area contributed by atoms with E-state index in [2.05, 4.69) is 5.32 Å². The van der Waals surface area contributed by atoms with Gasteiger partial charge in [0.05, 0.1) is 6.54 Å². The molecule has 1 fully saturated rings. The van der Waals surface area contributed by atoms with Crippen LogP contribution in [-0.2, 0) is 9.59 Å². The lowest BCUT2D eigenvalue weighted by atomic mass is 10.1. The van der Waals surface area contributed by atoms with Crippen LogP contribution in [0.2, 0.25) is 5.02 Å². The standard InChI is InChI=1S/C15H19ClN2O3/c1-10-12(16)3-2-4-13(10)17-14(19)9-18-6-5-11(8-18)7-15(20)21/h2-4,11H,5-9H2,1H3,(H,17,19)(H,20,21). The minimum Gasteiger partial charge on any atom is -0.481 e. The van der Waals surface area contributed by atoms with Crippen molar-refractivity contribution < 1.29 is 14.7 Å². The van der Waals surface area contributed by atoms with E-state index in [1.807, 2.05) is 17.9 Å². The summed E-state index contributed by atoms with van der Waals surface area (Å²) >= 11 is 6.02. The van der Waals surface area contributed by atoms with Gasteiger partial charge in [-0.3, -0.25) is 14.5 Å². The number of anilines is 1. The Labute approximate surface area is 128 Å². The first-order chi connectivity index (χ1) is 9.95. The van der Waals surface area contributed by atoms with Crippen molar-refractivity contribution in [2.24, 2.45) is 5.92 Å². The third-order valence-corrected chi connectivity index (χ3v) is 4.15. The Morgan fingerprint density at radius 1 is 1.48 bits per heavy atom. The third-order valence-electron chi connectivity index (χ3n) is 3.74. The summed E-state index contributed by atoms with van der Waals surface area (Å²) in [5, 5.41) is 12.3. The van der Waals surface area contributed by atoms with Gasteiger partial charge >= 0.3 is 5.97 Å². The van der Waals surface area contributed by atoms with Gasteiger partial charge < -0.3 is 10.4 Å². The quantitative estimate of drug-likeness (QED) is 0.876. The van der Waals surface area contributed by atoms with Gasteiger partial charge in [0.1, 0.15) is 0 Å². The lowest BCUT2D eigenvalue weighted by Crippen LogP contribution is -2.32. The second kappa shape index (κ2) is 6.91. The Bertz CT molecular complexity index is 548. The molecule has 1 aromatic rings. The summed E-state index contributed by atoms with van der Waals surface area (Å²) in [5.74, 6) is -0.736. The average Bonchev–Trinajstić information content (AvgIpc) is 2.81. The maximum Gasteiger partial charge on any atom is 0.303 e. The molecule has 0 spiro atoms. The minimum absolute atomic E-state index is 0.101. The Morgan fingerprint density at radius 3 is 2.95 bits per heavy atom. The molecular formula is C15H19ClN2O3. The van der Waals surface area contributed by atoms with Crippen LogP contribution >= 0.6 is 11.6 Å². The fourth-order valence-electron chi connectivity index (χ4n) is 2.61. The van der Waals surface area contributed by atoms with Crippen LogP contribution in [0.5, 0.6) is 0 Å². The van der Waals surface area contributed by atoms with E-state index in [-0.39, 0.29) is 24.8 Å². The number of nitrogens with zero attached hydrogens (tertiary/aromatic N) is 1. The molecule has 1 aromatic carbocycles. The minimum atomic E-state index is -0.777. The SMILES string of the molecule is Cc1c(Cl)cccc1NC(=O)CN1CCC(CC(=O)O)C1. The van der Waals surface area contributed by atoms with Crippen molar-refractivity contribution in [2.45, 2.75) is 19.8 Å². The first-order valence-corrected chi connectivity index (χ1v) is 7.32. The summed E-state index contributed by atoms with van der Waals surface area (Å²) in [6.45, 7) is 3.56. The Hall–Kier alpha value is -1.59. The van der Waals surface area contributed by atoms with Gasteiger partial charge in [-0.1, -0.05) is 17.7 Å². The van der Waals surface area contributed by atoms with Gasteiger partial charge in [-0.15, -0.1) is 0 Å². The molecule has 114 valence electrons. The maximum atomic E-state index is 12.0. The van der Waals surface area contributed by atoms with Crippen molar-refractivity contribution in [3.8, 4) is 0 Å². The number of likely N-dealkylation sites (tertiary alicyclic amines) is 1. The molecule has 1 unspecified atom stereocenters. The third kappa shape index (κ3) is 4.44. The molecule has 5 nitrogen and oxygen atoms in total. The molecular weight excluding hydrogens is 292 g/mol. The van der Waals surface area contributed by atoms with Crippen LogP contribution in [0.25, 0.3) is 0 Å². The molecule has 0 radical (unpaired) electrons. The molecule has 1 aliphatic heterocycles. The number of amides is 1. The molecule has 21 heavy (non-hydrogen) atoms. The van der Waals surface area contributed by atoms with Crippen LogP contribution in [-0.4, -0.2) is 41.5 Å². The highest BCUT2D eigenvalue weighted by atomic mass is 35.5. The van der Waals surface area contributed by atoms with Crippen LogP contribution in [0, 0.1) is 12.8 Å². The molecule has 1 atom stereocenters. The zero-order chi connectivity index (χ0) is 15.4. The van der Waals surface area contributed by atoms with Gasteiger partial charge in [-0.05, 0) is 43.5 Å².